The van der Waals surface area contributed by atoms with E-state index in [-0.39, 0.29) is 28.6 Å². The second-order valence-electron chi connectivity index (χ2n) is 7.21. The van der Waals surface area contributed by atoms with Gasteiger partial charge in [-0.15, -0.1) is 0 Å². The first-order valence-electron chi connectivity index (χ1n) is 9.40. The highest BCUT2D eigenvalue weighted by Crippen LogP contribution is 2.34. The Morgan fingerprint density at radius 1 is 1.18 bits per heavy atom. The van der Waals surface area contributed by atoms with Crippen LogP contribution in [0.25, 0.3) is 0 Å². The number of sulfonamides is 1. The van der Waals surface area contributed by atoms with E-state index in [0.29, 0.717) is 12.1 Å². The maximum Gasteiger partial charge on any atom is 0.254 e. The average Bonchev–Trinajstić information content (AvgIpc) is 3.16. The molecular weight excluding hydrogens is 376 g/mol. The molecule has 1 atom stereocenters. The van der Waals surface area contributed by atoms with Crippen molar-refractivity contribution in [1.29, 1.82) is 0 Å². The van der Waals surface area contributed by atoms with Gasteiger partial charge in [0, 0.05) is 18.2 Å². The molecule has 1 fully saturated rings. The van der Waals surface area contributed by atoms with E-state index in [1.54, 1.807) is 19.9 Å². The van der Waals surface area contributed by atoms with E-state index in [1.807, 2.05) is 35.2 Å². The lowest BCUT2D eigenvalue weighted by molar-refractivity contribution is 0.0735. The number of nitrogens with one attached hydrogen (secondary N) is 1. The lowest BCUT2D eigenvalue weighted by Gasteiger charge is -2.25. The summed E-state index contributed by atoms with van der Waals surface area (Å²) in [6.45, 7) is 4.14. The second-order valence-corrected chi connectivity index (χ2v) is 8.89. The van der Waals surface area contributed by atoms with Gasteiger partial charge in [0.15, 0.2) is 0 Å². The van der Waals surface area contributed by atoms with Crippen molar-refractivity contribution in [2.75, 3.05) is 13.7 Å². The van der Waals surface area contributed by atoms with Gasteiger partial charge in [0.2, 0.25) is 10.0 Å². The number of hydrogen-bond donors (Lipinski definition) is 1. The van der Waals surface area contributed by atoms with Gasteiger partial charge in [-0.2, -0.15) is 0 Å². The first kappa shape index (κ1) is 20.4. The van der Waals surface area contributed by atoms with Crippen LogP contribution in [0.3, 0.4) is 0 Å². The van der Waals surface area contributed by atoms with Gasteiger partial charge in [0.05, 0.1) is 13.2 Å². The largest absolute Gasteiger partial charge is 0.495 e. The van der Waals surface area contributed by atoms with E-state index in [9.17, 15) is 13.2 Å². The molecule has 1 amide bonds. The van der Waals surface area contributed by atoms with E-state index in [2.05, 4.69) is 4.72 Å². The van der Waals surface area contributed by atoms with Crippen LogP contribution in [0.15, 0.2) is 53.4 Å². The molecule has 2 aromatic carbocycles. The topological polar surface area (TPSA) is 75.7 Å². The molecule has 1 N–H and O–H groups in total. The van der Waals surface area contributed by atoms with Crippen LogP contribution in [0.2, 0.25) is 0 Å². The molecule has 1 unspecified atom stereocenters. The van der Waals surface area contributed by atoms with Crippen LogP contribution in [0.5, 0.6) is 5.75 Å². The Bertz CT molecular complexity index is 942. The lowest BCUT2D eigenvalue weighted by Crippen LogP contribution is -2.32. The summed E-state index contributed by atoms with van der Waals surface area (Å²) in [7, 11) is -2.38. The quantitative estimate of drug-likeness (QED) is 0.804. The smallest absolute Gasteiger partial charge is 0.254 e. The Hall–Kier alpha value is -2.38. The predicted octanol–water partition coefficient (Wildman–Crippen LogP) is 3.36. The zero-order valence-electron chi connectivity index (χ0n) is 16.4. The number of amides is 1. The summed E-state index contributed by atoms with van der Waals surface area (Å²) in [6.07, 6.45) is 1.81. The average molecular weight is 403 g/mol. The van der Waals surface area contributed by atoms with E-state index in [1.165, 1.54) is 19.2 Å². The first-order valence-corrected chi connectivity index (χ1v) is 10.9. The van der Waals surface area contributed by atoms with Gasteiger partial charge < -0.3 is 9.64 Å². The Kier molecular flexibility index (Phi) is 6.05. The third kappa shape index (κ3) is 4.20. The predicted molar refractivity (Wildman–Crippen MR) is 108 cm³/mol. The Morgan fingerprint density at radius 2 is 1.89 bits per heavy atom. The van der Waals surface area contributed by atoms with Crippen molar-refractivity contribution in [1.82, 2.24) is 9.62 Å². The van der Waals surface area contributed by atoms with Crippen LogP contribution in [-0.4, -0.2) is 38.9 Å². The van der Waals surface area contributed by atoms with Crippen molar-refractivity contribution >= 4 is 15.9 Å². The standard InChI is InChI=1S/C21H26N2O4S/c1-15(2)22-28(25,26)20-14-17(11-12-19(20)27-3)21(24)23-13-7-10-18(23)16-8-5-4-6-9-16/h4-6,8-9,11-12,14-15,18,22H,7,10,13H2,1-3H3. The van der Waals surface area contributed by atoms with E-state index in [4.69, 9.17) is 4.74 Å². The van der Waals surface area contributed by atoms with E-state index >= 15 is 0 Å². The minimum absolute atomic E-state index is 0.00430. The highest BCUT2D eigenvalue weighted by molar-refractivity contribution is 7.89. The molecule has 0 spiro atoms. The highest BCUT2D eigenvalue weighted by atomic mass is 32.2. The summed E-state index contributed by atoms with van der Waals surface area (Å²) >= 11 is 0. The molecule has 1 heterocycles. The van der Waals surface area contributed by atoms with Gasteiger partial charge in [0.1, 0.15) is 10.6 Å². The molecule has 3 rings (SSSR count). The minimum Gasteiger partial charge on any atom is -0.495 e. The molecular formula is C21H26N2O4S. The molecule has 150 valence electrons. The van der Waals surface area contributed by atoms with Gasteiger partial charge in [-0.05, 0) is 50.5 Å². The van der Waals surface area contributed by atoms with Crippen molar-refractivity contribution < 1.29 is 17.9 Å². The van der Waals surface area contributed by atoms with Gasteiger partial charge in [-0.25, -0.2) is 13.1 Å². The van der Waals surface area contributed by atoms with Crippen LogP contribution in [0, 0.1) is 0 Å². The number of carbonyl (C=O) groups excluding carboxylic acids is 1. The van der Waals surface area contributed by atoms with Crippen molar-refractivity contribution in [2.24, 2.45) is 0 Å². The Labute approximate surface area is 166 Å². The normalized spacial score (nSPS) is 17.1. The van der Waals surface area contributed by atoms with Gasteiger partial charge in [0.25, 0.3) is 5.91 Å². The molecule has 0 aliphatic carbocycles. The molecule has 0 saturated carbocycles. The van der Waals surface area contributed by atoms with Crippen LogP contribution >= 0.6 is 0 Å². The third-order valence-electron chi connectivity index (χ3n) is 4.79. The van der Waals surface area contributed by atoms with Crippen LogP contribution in [0.1, 0.15) is 48.7 Å². The molecule has 0 radical (unpaired) electrons. The van der Waals surface area contributed by atoms with Crippen molar-refractivity contribution in [3.8, 4) is 5.75 Å². The van der Waals surface area contributed by atoms with Crippen molar-refractivity contribution in [3.63, 3.8) is 0 Å². The zero-order chi connectivity index (χ0) is 20.3. The molecule has 28 heavy (non-hydrogen) atoms. The van der Waals surface area contributed by atoms with Gasteiger partial charge >= 0.3 is 0 Å². The zero-order valence-corrected chi connectivity index (χ0v) is 17.2. The Balaban J connectivity index is 1.95. The third-order valence-corrected chi connectivity index (χ3v) is 6.47. The molecule has 2 aromatic rings. The number of rotatable bonds is 6. The molecule has 0 bridgehead atoms. The minimum atomic E-state index is -3.79. The monoisotopic (exact) mass is 402 g/mol. The van der Waals surface area contributed by atoms with Crippen LogP contribution in [-0.2, 0) is 10.0 Å². The lowest BCUT2D eigenvalue weighted by atomic mass is 10.0. The van der Waals surface area contributed by atoms with E-state index < -0.39 is 10.0 Å². The summed E-state index contributed by atoms with van der Waals surface area (Å²) in [5, 5.41) is 0. The highest BCUT2D eigenvalue weighted by Gasteiger charge is 2.31. The summed E-state index contributed by atoms with van der Waals surface area (Å²) in [5.41, 5.74) is 1.43. The fraction of sp³-hybridized carbons (Fsp3) is 0.381. The number of methoxy groups -OCH3 is 1. The summed E-state index contributed by atoms with van der Waals surface area (Å²) < 4.78 is 33.1. The van der Waals surface area contributed by atoms with Crippen LogP contribution in [0.4, 0.5) is 0 Å². The molecule has 1 aliphatic heterocycles. The number of carbonyl (C=O) groups is 1. The number of ether oxygens (including phenoxy) is 1. The van der Waals surface area contributed by atoms with Gasteiger partial charge in [-0.1, -0.05) is 30.3 Å². The number of nitrogens with zero attached hydrogens (tertiary/aromatic N) is 1. The SMILES string of the molecule is COc1ccc(C(=O)N2CCCC2c2ccccc2)cc1S(=O)(=O)NC(C)C. The fourth-order valence-corrected chi connectivity index (χ4v) is 5.04. The molecule has 1 saturated heterocycles. The number of benzene rings is 2. The molecule has 1 aliphatic rings. The summed E-state index contributed by atoms with van der Waals surface area (Å²) in [4.78, 5) is 15.0. The Morgan fingerprint density at radius 3 is 2.54 bits per heavy atom. The molecule has 0 aromatic heterocycles. The first-order chi connectivity index (χ1) is 13.3. The van der Waals surface area contributed by atoms with Crippen LogP contribution < -0.4 is 9.46 Å². The van der Waals surface area contributed by atoms with Crippen molar-refractivity contribution in [2.45, 2.75) is 43.7 Å². The fourth-order valence-electron chi connectivity index (χ4n) is 3.59. The maximum atomic E-state index is 13.2. The summed E-state index contributed by atoms with van der Waals surface area (Å²) in [6, 6.07) is 14.2. The molecule has 7 heteroatoms. The van der Waals surface area contributed by atoms with E-state index in [0.717, 1.165) is 18.4 Å². The number of hydrogen-bond acceptors (Lipinski definition) is 4. The van der Waals surface area contributed by atoms with Gasteiger partial charge in [-0.3, -0.25) is 4.79 Å². The van der Waals surface area contributed by atoms with Crippen molar-refractivity contribution in [3.05, 3.63) is 59.7 Å². The molecule has 6 nitrogen and oxygen atoms in total. The summed E-state index contributed by atoms with van der Waals surface area (Å²) in [5.74, 6) is 0.0423. The number of likely N-dealkylation sites (tertiary alicyclic amines) is 1. The second kappa shape index (κ2) is 8.32. The maximum absolute atomic E-state index is 13.2.